The summed E-state index contributed by atoms with van der Waals surface area (Å²) in [5.74, 6) is -1.01. The summed E-state index contributed by atoms with van der Waals surface area (Å²) in [6, 6.07) is 0. The first kappa shape index (κ1) is 15.3. The fourth-order valence-electron chi connectivity index (χ4n) is 1.23. The van der Waals surface area contributed by atoms with Crippen LogP contribution in [0.3, 0.4) is 0 Å². The molecule has 0 rings (SSSR count). The average molecular weight is 253 g/mol. The summed E-state index contributed by atoms with van der Waals surface area (Å²) < 4.78 is 30.1. The van der Waals surface area contributed by atoms with Gasteiger partial charge in [0.25, 0.3) is 0 Å². The van der Waals surface area contributed by atoms with Gasteiger partial charge in [-0.2, -0.15) is 0 Å². The number of carbonyl (C=O) groups is 1. The van der Waals surface area contributed by atoms with E-state index in [4.69, 9.17) is 9.84 Å². The highest BCUT2D eigenvalue weighted by atomic mass is 32.2. The standard InChI is InChI=1S/C9H19NO5S/c1-8(6-15-2)7-16(13,14)10-5-3-4-9(11)12/h8,10H,3-7H2,1-2H3,(H,11,12). The van der Waals surface area contributed by atoms with Crippen molar-refractivity contribution < 1.29 is 23.1 Å². The number of sulfonamides is 1. The molecule has 0 aliphatic rings. The van der Waals surface area contributed by atoms with Crippen molar-refractivity contribution in [2.45, 2.75) is 19.8 Å². The van der Waals surface area contributed by atoms with Gasteiger partial charge in [0.1, 0.15) is 0 Å². The smallest absolute Gasteiger partial charge is 0.303 e. The molecule has 96 valence electrons. The highest BCUT2D eigenvalue weighted by molar-refractivity contribution is 7.89. The second-order valence-corrected chi connectivity index (χ2v) is 5.59. The number of aliphatic carboxylic acids is 1. The summed E-state index contributed by atoms with van der Waals surface area (Å²) in [6.07, 6.45) is 0.267. The predicted molar refractivity (Wildman–Crippen MR) is 59.7 cm³/mol. The Kier molecular flexibility index (Phi) is 7.27. The van der Waals surface area contributed by atoms with Crippen molar-refractivity contribution in [1.82, 2.24) is 4.72 Å². The lowest BCUT2D eigenvalue weighted by atomic mass is 10.2. The van der Waals surface area contributed by atoms with E-state index in [9.17, 15) is 13.2 Å². The van der Waals surface area contributed by atoms with E-state index in [0.717, 1.165) is 0 Å². The lowest BCUT2D eigenvalue weighted by molar-refractivity contribution is -0.137. The number of methoxy groups -OCH3 is 1. The largest absolute Gasteiger partial charge is 0.481 e. The van der Waals surface area contributed by atoms with Crippen molar-refractivity contribution in [1.29, 1.82) is 0 Å². The highest BCUT2D eigenvalue weighted by Gasteiger charge is 2.14. The first-order chi connectivity index (χ1) is 7.37. The zero-order valence-corrected chi connectivity index (χ0v) is 10.4. The highest BCUT2D eigenvalue weighted by Crippen LogP contribution is 2.00. The first-order valence-electron chi connectivity index (χ1n) is 5.05. The molecule has 0 aromatic carbocycles. The van der Waals surface area contributed by atoms with Crippen LogP contribution in [0.15, 0.2) is 0 Å². The van der Waals surface area contributed by atoms with Gasteiger partial charge in [0.2, 0.25) is 10.0 Å². The molecule has 0 heterocycles. The van der Waals surface area contributed by atoms with Gasteiger partial charge in [-0.1, -0.05) is 6.92 Å². The Morgan fingerprint density at radius 3 is 2.62 bits per heavy atom. The van der Waals surface area contributed by atoms with Crippen LogP contribution in [0.4, 0.5) is 0 Å². The third kappa shape index (κ3) is 8.63. The Hall–Kier alpha value is -0.660. The lowest BCUT2D eigenvalue weighted by Crippen LogP contribution is -2.31. The van der Waals surface area contributed by atoms with E-state index in [1.54, 1.807) is 6.92 Å². The quantitative estimate of drug-likeness (QED) is 0.566. The molecule has 0 fully saturated rings. The fraction of sp³-hybridized carbons (Fsp3) is 0.889. The zero-order chi connectivity index (χ0) is 12.6. The molecule has 1 atom stereocenters. The number of carboxylic acid groups (broad SMARTS) is 1. The van der Waals surface area contributed by atoms with Crippen molar-refractivity contribution >= 4 is 16.0 Å². The van der Waals surface area contributed by atoms with Crippen LogP contribution in [-0.2, 0) is 19.6 Å². The minimum atomic E-state index is -3.32. The molecule has 0 saturated carbocycles. The molecule has 16 heavy (non-hydrogen) atoms. The van der Waals surface area contributed by atoms with Crippen LogP contribution >= 0.6 is 0 Å². The number of hydrogen-bond donors (Lipinski definition) is 2. The van der Waals surface area contributed by atoms with E-state index in [0.29, 0.717) is 13.0 Å². The lowest BCUT2D eigenvalue weighted by Gasteiger charge is -2.11. The molecular formula is C9H19NO5S. The van der Waals surface area contributed by atoms with Crippen molar-refractivity contribution in [3.05, 3.63) is 0 Å². The molecule has 0 bridgehead atoms. The normalized spacial score (nSPS) is 13.6. The second-order valence-electron chi connectivity index (χ2n) is 3.73. The van der Waals surface area contributed by atoms with Crippen molar-refractivity contribution in [3.63, 3.8) is 0 Å². The van der Waals surface area contributed by atoms with Gasteiger partial charge in [0, 0.05) is 26.7 Å². The van der Waals surface area contributed by atoms with Crippen LogP contribution in [0.2, 0.25) is 0 Å². The van der Waals surface area contributed by atoms with E-state index >= 15 is 0 Å². The average Bonchev–Trinajstić information content (AvgIpc) is 2.11. The second kappa shape index (κ2) is 7.59. The Morgan fingerprint density at radius 2 is 2.12 bits per heavy atom. The Labute approximate surface area is 96.0 Å². The molecule has 6 nitrogen and oxygen atoms in total. The maximum absolute atomic E-state index is 11.4. The van der Waals surface area contributed by atoms with Crippen LogP contribution < -0.4 is 4.72 Å². The van der Waals surface area contributed by atoms with Crippen molar-refractivity contribution in [3.8, 4) is 0 Å². The van der Waals surface area contributed by atoms with E-state index in [1.807, 2.05) is 0 Å². The van der Waals surface area contributed by atoms with E-state index in [2.05, 4.69) is 4.72 Å². The molecule has 0 aliphatic carbocycles. The number of hydrogen-bond acceptors (Lipinski definition) is 4. The van der Waals surface area contributed by atoms with Crippen LogP contribution in [-0.4, -0.2) is 45.5 Å². The molecular weight excluding hydrogens is 234 g/mol. The molecule has 2 N–H and O–H groups in total. The minimum absolute atomic E-state index is 0.00604. The predicted octanol–water partition coefficient (Wildman–Crippen LogP) is 0.0531. The molecule has 0 aliphatic heterocycles. The third-order valence-corrected chi connectivity index (χ3v) is 3.50. The molecule has 0 aromatic rings. The maximum atomic E-state index is 11.4. The molecule has 7 heteroatoms. The summed E-state index contributed by atoms with van der Waals surface area (Å²) in [5, 5.41) is 8.36. The molecule has 1 unspecified atom stereocenters. The number of nitrogens with one attached hydrogen (secondary N) is 1. The summed E-state index contributed by atoms with van der Waals surface area (Å²) >= 11 is 0. The van der Waals surface area contributed by atoms with Crippen LogP contribution in [0.5, 0.6) is 0 Å². The van der Waals surface area contributed by atoms with Crippen molar-refractivity contribution in [2.75, 3.05) is 26.0 Å². The summed E-state index contributed by atoms with van der Waals surface area (Å²) in [4.78, 5) is 10.2. The van der Waals surface area contributed by atoms with Crippen LogP contribution in [0.1, 0.15) is 19.8 Å². The van der Waals surface area contributed by atoms with Gasteiger partial charge >= 0.3 is 5.97 Å². The zero-order valence-electron chi connectivity index (χ0n) is 9.60. The topological polar surface area (TPSA) is 92.7 Å². The monoisotopic (exact) mass is 253 g/mol. The summed E-state index contributed by atoms with van der Waals surface area (Å²) in [7, 11) is -1.81. The number of ether oxygens (including phenoxy) is 1. The fourth-order valence-corrected chi connectivity index (χ4v) is 2.65. The van der Waals surface area contributed by atoms with E-state index in [-0.39, 0.29) is 24.6 Å². The van der Waals surface area contributed by atoms with Crippen LogP contribution in [0.25, 0.3) is 0 Å². The SMILES string of the molecule is COCC(C)CS(=O)(=O)NCCCC(=O)O. The van der Waals surface area contributed by atoms with Gasteiger partial charge in [-0.15, -0.1) is 0 Å². The van der Waals surface area contributed by atoms with E-state index < -0.39 is 16.0 Å². The number of rotatable bonds is 9. The maximum Gasteiger partial charge on any atom is 0.303 e. The third-order valence-electron chi connectivity index (χ3n) is 1.84. The van der Waals surface area contributed by atoms with Gasteiger partial charge < -0.3 is 9.84 Å². The van der Waals surface area contributed by atoms with Gasteiger partial charge in [0.05, 0.1) is 5.75 Å². The molecule has 0 saturated heterocycles. The molecule has 0 radical (unpaired) electrons. The molecule has 0 spiro atoms. The van der Waals surface area contributed by atoms with Gasteiger partial charge in [-0.3, -0.25) is 4.79 Å². The Bertz CT molecular complexity index is 301. The van der Waals surface area contributed by atoms with Gasteiger partial charge in [0.15, 0.2) is 0 Å². The summed E-state index contributed by atoms with van der Waals surface area (Å²) in [6.45, 7) is 2.32. The van der Waals surface area contributed by atoms with E-state index in [1.165, 1.54) is 7.11 Å². The Morgan fingerprint density at radius 1 is 1.50 bits per heavy atom. The van der Waals surface area contributed by atoms with Crippen LogP contribution in [0, 0.1) is 5.92 Å². The summed E-state index contributed by atoms with van der Waals surface area (Å²) in [5.41, 5.74) is 0. The van der Waals surface area contributed by atoms with Gasteiger partial charge in [-0.25, -0.2) is 13.1 Å². The minimum Gasteiger partial charge on any atom is -0.481 e. The van der Waals surface area contributed by atoms with Crippen molar-refractivity contribution in [2.24, 2.45) is 5.92 Å². The molecule has 0 amide bonds. The first-order valence-corrected chi connectivity index (χ1v) is 6.70. The Balaban J connectivity index is 3.83. The molecule has 0 aromatic heterocycles. The van der Waals surface area contributed by atoms with Gasteiger partial charge in [-0.05, 0) is 12.3 Å². The number of carboxylic acids is 1.